The zero-order valence-corrected chi connectivity index (χ0v) is 25.9. The molecule has 1 aliphatic carbocycles. The molecule has 0 unspecified atom stereocenters. The van der Waals surface area contributed by atoms with Crippen molar-refractivity contribution in [3.05, 3.63) is 161 Å². The van der Waals surface area contributed by atoms with Crippen molar-refractivity contribution < 1.29 is 0 Å². The van der Waals surface area contributed by atoms with E-state index < -0.39 is 0 Å². The first-order chi connectivity index (χ1) is 23.8. The van der Waals surface area contributed by atoms with Crippen LogP contribution in [0.25, 0.3) is 73.1 Å². The minimum Gasteiger partial charge on any atom is -0.294 e. The molecule has 5 aromatic heterocycles. The summed E-state index contributed by atoms with van der Waals surface area (Å²) in [6.45, 7) is 0. The summed E-state index contributed by atoms with van der Waals surface area (Å²) in [5.74, 6) is 2.61. The number of pyridine rings is 2. The molecule has 0 spiro atoms. The van der Waals surface area contributed by atoms with Gasteiger partial charge in [-0.1, -0.05) is 84.9 Å². The first-order valence-corrected chi connectivity index (χ1v) is 16.2. The number of para-hydroxylation sites is 5. The van der Waals surface area contributed by atoms with Gasteiger partial charge in [-0.2, -0.15) is 0 Å². The fourth-order valence-electron chi connectivity index (χ4n) is 7.52. The van der Waals surface area contributed by atoms with Crippen LogP contribution in [0.2, 0.25) is 0 Å². The zero-order valence-electron chi connectivity index (χ0n) is 25.9. The Labute approximate surface area is 274 Å². The number of rotatable bonds is 4. The molecule has 4 aromatic carbocycles. The van der Waals surface area contributed by atoms with E-state index in [9.17, 15) is 4.79 Å². The van der Waals surface area contributed by atoms with Crippen molar-refractivity contribution in [2.45, 2.75) is 12.8 Å². The van der Waals surface area contributed by atoms with Gasteiger partial charge in [0.15, 0.2) is 0 Å². The second kappa shape index (κ2) is 10.3. The van der Waals surface area contributed by atoms with Gasteiger partial charge in [0.2, 0.25) is 0 Å². The highest BCUT2D eigenvalue weighted by Gasteiger charge is 2.22. The topological polar surface area (TPSA) is 62.6 Å². The second-order valence-electron chi connectivity index (χ2n) is 12.2. The van der Waals surface area contributed by atoms with Crippen molar-refractivity contribution in [3.63, 3.8) is 0 Å². The van der Waals surface area contributed by atoms with Crippen LogP contribution in [0.3, 0.4) is 0 Å². The van der Waals surface area contributed by atoms with Crippen LogP contribution in [0, 0.1) is 0 Å². The average Bonchev–Trinajstić information content (AvgIpc) is 3.77. The Balaban J connectivity index is 1.17. The summed E-state index contributed by atoms with van der Waals surface area (Å²) in [5.41, 5.74) is 7.01. The molecule has 0 saturated heterocycles. The van der Waals surface area contributed by atoms with E-state index in [-0.39, 0.29) is 5.69 Å². The molecule has 10 rings (SSSR count). The van der Waals surface area contributed by atoms with E-state index in [4.69, 9.17) is 9.97 Å². The van der Waals surface area contributed by atoms with Crippen LogP contribution in [-0.4, -0.2) is 28.2 Å². The predicted octanol–water partition coefficient (Wildman–Crippen LogP) is 8.57. The number of fused-ring (bicyclic) bond motifs is 7. The largest absolute Gasteiger partial charge is 0.340 e. The standard InChI is InChI=1S/C41H28N6O/c48-41-46(39-25-11-23-37(42-39)44-31-17-5-1-13-27(31)28-14-2-6-18-32(28)44)35-21-9-10-22-36(35)47(41)40-26-12-24-38(43-40)45-33-19-7-3-15-29(33)30-16-4-8-20-34(30)45/h1-3,5-15,17-26H,4,16H2. The number of aryl methyl sites for hydroxylation is 1. The lowest BCUT2D eigenvalue weighted by Crippen LogP contribution is -2.24. The number of hydrogen-bond donors (Lipinski definition) is 0. The Bertz CT molecular complexity index is 2770. The molecule has 0 atom stereocenters. The third-order valence-corrected chi connectivity index (χ3v) is 9.54. The van der Waals surface area contributed by atoms with Gasteiger partial charge in [-0.05, 0) is 79.1 Å². The quantitative estimate of drug-likeness (QED) is 0.198. The molecule has 7 heteroatoms. The summed E-state index contributed by atoms with van der Waals surface area (Å²) in [6.07, 6.45) is 6.43. The molecule has 0 amide bonds. The monoisotopic (exact) mass is 620 g/mol. The molecule has 1 aliphatic rings. The summed E-state index contributed by atoms with van der Waals surface area (Å²) < 4.78 is 7.77. The van der Waals surface area contributed by atoms with Crippen molar-refractivity contribution in [1.82, 2.24) is 28.2 Å². The number of aromatic nitrogens is 6. The molecule has 0 saturated carbocycles. The molecular weight excluding hydrogens is 592 g/mol. The molecule has 0 aliphatic heterocycles. The van der Waals surface area contributed by atoms with Gasteiger partial charge in [-0.3, -0.25) is 9.13 Å². The molecule has 0 radical (unpaired) electrons. The van der Waals surface area contributed by atoms with E-state index in [0.29, 0.717) is 11.6 Å². The van der Waals surface area contributed by atoms with Crippen LogP contribution in [0.15, 0.2) is 144 Å². The van der Waals surface area contributed by atoms with E-state index in [1.54, 1.807) is 9.13 Å². The molecule has 0 fully saturated rings. The van der Waals surface area contributed by atoms with E-state index in [2.05, 4.69) is 81.9 Å². The lowest BCUT2D eigenvalue weighted by molar-refractivity contribution is 0.869. The molecular formula is C41H28N6O. The maximum Gasteiger partial charge on any atom is 0.340 e. The highest BCUT2D eigenvalue weighted by atomic mass is 16.2. The number of imidazole rings is 1. The van der Waals surface area contributed by atoms with Crippen molar-refractivity contribution in [3.8, 4) is 23.3 Å². The molecule has 0 bridgehead atoms. The van der Waals surface area contributed by atoms with Crippen molar-refractivity contribution in [1.29, 1.82) is 0 Å². The fraction of sp³-hybridized carbons (Fsp3) is 0.0488. The lowest BCUT2D eigenvalue weighted by atomic mass is 10.0. The third kappa shape index (κ3) is 3.78. The van der Waals surface area contributed by atoms with Gasteiger partial charge in [-0.15, -0.1) is 0 Å². The molecule has 48 heavy (non-hydrogen) atoms. The first kappa shape index (κ1) is 26.7. The van der Waals surface area contributed by atoms with Gasteiger partial charge in [0, 0.05) is 16.2 Å². The van der Waals surface area contributed by atoms with Crippen LogP contribution >= 0.6 is 0 Å². The van der Waals surface area contributed by atoms with E-state index in [1.807, 2.05) is 72.8 Å². The van der Waals surface area contributed by atoms with Crippen LogP contribution in [0.1, 0.15) is 17.7 Å². The summed E-state index contributed by atoms with van der Waals surface area (Å²) in [4.78, 5) is 24.8. The Morgan fingerprint density at radius 1 is 0.438 bits per heavy atom. The molecule has 9 aromatic rings. The van der Waals surface area contributed by atoms with E-state index in [1.165, 1.54) is 10.9 Å². The van der Waals surface area contributed by atoms with Crippen LogP contribution < -0.4 is 5.69 Å². The van der Waals surface area contributed by atoms with Gasteiger partial charge in [0.25, 0.3) is 0 Å². The van der Waals surface area contributed by atoms with Gasteiger partial charge in [0.05, 0.1) is 33.3 Å². The van der Waals surface area contributed by atoms with Crippen molar-refractivity contribution >= 4 is 49.8 Å². The average molecular weight is 621 g/mol. The highest BCUT2D eigenvalue weighted by molar-refractivity contribution is 6.09. The van der Waals surface area contributed by atoms with Crippen LogP contribution in [-0.2, 0) is 6.42 Å². The third-order valence-electron chi connectivity index (χ3n) is 9.54. The smallest absolute Gasteiger partial charge is 0.294 e. The first-order valence-electron chi connectivity index (χ1n) is 16.2. The van der Waals surface area contributed by atoms with Gasteiger partial charge < -0.3 is 0 Å². The van der Waals surface area contributed by atoms with Gasteiger partial charge >= 0.3 is 5.69 Å². The maximum atomic E-state index is 14.6. The lowest BCUT2D eigenvalue weighted by Gasteiger charge is -2.12. The van der Waals surface area contributed by atoms with Crippen molar-refractivity contribution in [2.75, 3.05) is 0 Å². The molecule has 7 nitrogen and oxygen atoms in total. The minimum absolute atomic E-state index is 0.230. The fourth-order valence-corrected chi connectivity index (χ4v) is 7.52. The van der Waals surface area contributed by atoms with Gasteiger partial charge in [-0.25, -0.2) is 23.9 Å². The Kier molecular flexibility index (Phi) is 5.72. The van der Waals surface area contributed by atoms with Crippen LogP contribution in [0.5, 0.6) is 0 Å². The zero-order chi connectivity index (χ0) is 31.8. The Morgan fingerprint density at radius 2 is 0.875 bits per heavy atom. The summed E-state index contributed by atoms with van der Waals surface area (Å²) >= 11 is 0. The molecule has 5 heterocycles. The summed E-state index contributed by atoms with van der Waals surface area (Å²) in [6, 6.07) is 44.8. The number of nitrogens with zero attached hydrogens (tertiary/aromatic N) is 6. The number of benzene rings is 4. The Hall–Kier alpha value is -6.47. The summed E-state index contributed by atoms with van der Waals surface area (Å²) in [7, 11) is 0. The normalized spacial score (nSPS) is 12.8. The maximum absolute atomic E-state index is 14.6. The van der Waals surface area contributed by atoms with Gasteiger partial charge in [0.1, 0.15) is 23.3 Å². The number of hydrogen-bond acceptors (Lipinski definition) is 3. The Morgan fingerprint density at radius 3 is 1.44 bits per heavy atom. The number of allylic oxidation sites excluding steroid dienone is 1. The van der Waals surface area contributed by atoms with E-state index in [0.717, 1.165) is 68.5 Å². The molecule has 228 valence electrons. The molecule has 0 N–H and O–H groups in total. The predicted molar refractivity (Wildman–Crippen MR) is 193 cm³/mol. The highest BCUT2D eigenvalue weighted by Crippen LogP contribution is 2.34. The summed E-state index contributed by atoms with van der Waals surface area (Å²) in [5, 5.41) is 3.56. The second-order valence-corrected chi connectivity index (χ2v) is 12.2. The van der Waals surface area contributed by atoms with Crippen LogP contribution in [0.4, 0.5) is 0 Å². The van der Waals surface area contributed by atoms with Crippen molar-refractivity contribution in [2.24, 2.45) is 0 Å². The SMILES string of the molecule is O=c1n(-c2cccc(-n3c4c(c5ccccc53)CCC=C4)n2)c2ccccc2n1-c1cccc(-n2c3ccccc3c3ccccc32)n1. The van der Waals surface area contributed by atoms with E-state index >= 15 is 0 Å². The minimum atomic E-state index is -0.230.